The van der Waals surface area contributed by atoms with Crippen LogP contribution >= 0.6 is 0 Å². The molecule has 0 aromatic heterocycles. The van der Waals surface area contributed by atoms with Gasteiger partial charge in [-0.05, 0) is 62.7 Å². The third-order valence-electron chi connectivity index (χ3n) is 12.2. The second kappa shape index (κ2) is 22.3. The summed E-state index contributed by atoms with van der Waals surface area (Å²) in [6.45, 7) is 15.5. The van der Waals surface area contributed by atoms with Crippen LogP contribution in [0.15, 0.2) is 60.7 Å². The van der Waals surface area contributed by atoms with Gasteiger partial charge in [0.05, 0.1) is 36.2 Å². The lowest BCUT2D eigenvalue weighted by Crippen LogP contribution is -2.59. The lowest BCUT2D eigenvalue weighted by atomic mass is 9.81. The number of likely N-dealkylation sites (tertiary alicyclic amines) is 1. The van der Waals surface area contributed by atoms with E-state index >= 15 is 0 Å². The number of Topliss-reactive ketones (excluding diaryl/α,β-unsaturated/α-hetero) is 1. The number of carbonyl (C=O) groups excluding carboxylic acids is 5. The van der Waals surface area contributed by atoms with E-state index in [1.807, 2.05) is 128 Å². The fourth-order valence-electron chi connectivity index (χ4n) is 8.83. The van der Waals surface area contributed by atoms with Gasteiger partial charge in [-0.15, -0.1) is 0 Å². The number of hydrogen-bond donors (Lipinski definition) is 3. The van der Waals surface area contributed by atoms with Crippen molar-refractivity contribution in [1.82, 2.24) is 25.3 Å². The highest BCUT2D eigenvalue weighted by molar-refractivity contribution is 5.91. The Hall–Kier alpha value is -4.13. The molecule has 1 saturated heterocycles. The van der Waals surface area contributed by atoms with Gasteiger partial charge in [-0.3, -0.25) is 28.9 Å². The maximum Gasteiger partial charge on any atom is 0.245 e. The molecule has 0 unspecified atom stereocenters. The molecule has 322 valence electrons. The molecule has 0 bridgehead atoms. The average Bonchev–Trinajstić information content (AvgIpc) is 3.68. The number of hydrogen-bond acceptors (Lipinski definition) is 8. The van der Waals surface area contributed by atoms with E-state index < -0.39 is 54.2 Å². The van der Waals surface area contributed by atoms with Gasteiger partial charge in [-0.25, -0.2) is 0 Å². The van der Waals surface area contributed by atoms with Gasteiger partial charge >= 0.3 is 0 Å². The minimum absolute atomic E-state index is 0.0187. The van der Waals surface area contributed by atoms with Gasteiger partial charge in [0, 0.05) is 39.1 Å². The van der Waals surface area contributed by atoms with Crippen LogP contribution in [0.2, 0.25) is 0 Å². The normalized spacial score (nSPS) is 19.1. The van der Waals surface area contributed by atoms with Crippen molar-refractivity contribution in [3.63, 3.8) is 0 Å². The highest BCUT2D eigenvalue weighted by Crippen LogP contribution is 2.33. The van der Waals surface area contributed by atoms with E-state index in [-0.39, 0.29) is 53.6 Å². The van der Waals surface area contributed by atoms with Gasteiger partial charge in [0.1, 0.15) is 11.8 Å². The zero-order valence-electron chi connectivity index (χ0n) is 37.1. The number of nitrogens with two attached hydrogens (primary N) is 1. The van der Waals surface area contributed by atoms with Crippen molar-refractivity contribution >= 4 is 29.4 Å². The molecule has 0 saturated carbocycles. The van der Waals surface area contributed by atoms with Crippen molar-refractivity contribution in [3.8, 4) is 0 Å². The Morgan fingerprint density at radius 2 is 1.41 bits per heavy atom. The largest absolute Gasteiger partial charge is 0.378 e. The molecular weight excluding hydrogens is 733 g/mol. The summed E-state index contributed by atoms with van der Waals surface area (Å²) in [5, 5.41) is 6.22. The van der Waals surface area contributed by atoms with Gasteiger partial charge in [-0.2, -0.15) is 0 Å². The highest BCUT2D eigenvalue weighted by atomic mass is 16.5. The van der Waals surface area contributed by atoms with Crippen molar-refractivity contribution in [1.29, 1.82) is 0 Å². The number of methoxy groups -OCH3 is 1. The van der Waals surface area contributed by atoms with E-state index in [0.29, 0.717) is 25.8 Å². The maximum atomic E-state index is 14.4. The molecular formula is C46H72N6O6. The molecule has 12 nitrogen and oxygen atoms in total. The summed E-state index contributed by atoms with van der Waals surface area (Å²) in [7, 11) is 6.92. The number of benzene rings is 2. The Morgan fingerprint density at radius 3 is 1.90 bits per heavy atom. The molecule has 1 heterocycles. The van der Waals surface area contributed by atoms with Crippen LogP contribution in [0.4, 0.5) is 0 Å². The van der Waals surface area contributed by atoms with Crippen LogP contribution in [-0.2, 0) is 28.7 Å². The standard InChI is InChI=1S/C46H72N6O6/c1-13-30(6)42(51(11)46(57)39(28(2)3)48-45(56)41(29(4)5)50(9)10)35(32(8)53)27-37(54)52-26-20-25-36(52)43(58-12)31(7)44(55)49-40(34-23-18-15-19-24-34)38(47)33-21-16-14-17-22-33/h14-19,21-24,28-31,35-36,38-43H,13,20,25-27,47H2,1-12H3,(H,48,56)(H,49,55)/t30-,31+,35-,36-,38-,39-,40-,41-,42-,43+/m0/s1. The Morgan fingerprint density at radius 1 is 0.845 bits per heavy atom. The van der Waals surface area contributed by atoms with Crippen molar-refractivity contribution in [2.45, 2.75) is 123 Å². The van der Waals surface area contributed by atoms with Gasteiger partial charge in [-0.1, -0.05) is 116 Å². The molecule has 0 spiro atoms. The minimum Gasteiger partial charge on any atom is -0.378 e. The fourth-order valence-corrected chi connectivity index (χ4v) is 8.83. The van der Waals surface area contributed by atoms with E-state index in [9.17, 15) is 24.0 Å². The van der Waals surface area contributed by atoms with Crippen molar-refractivity contribution in [2.75, 3.05) is 34.8 Å². The molecule has 1 fully saturated rings. The number of nitrogens with zero attached hydrogens (tertiary/aromatic N) is 3. The zero-order chi connectivity index (χ0) is 43.4. The van der Waals surface area contributed by atoms with E-state index in [2.05, 4.69) is 10.6 Å². The highest BCUT2D eigenvalue weighted by Gasteiger charge is 2.44. The number of ether oxygens (including phenoxy) is 1. The molecule has 4 N–H and O–H groups in total. The van der Waals surface area contributed by atoms with Crippen LogP contribution in [0.1, 0.15) is 104 Å². The Labute approximate surface area is 348 Å². The quantitative estimate of drug-likeness (QED) is 0.152. The molecule has 10 atom stereocenters. The molecule has 0 aliphatic carbocycles. The summed E-state index contributed by atoms with van der Waals surface area (Å²) in [6.07, 6.45) is 1.28. The summed E-state index contributed by atoms with van der Waals surface area (Å²) < 4.78 is 6.04. The smallest absolute Gasteiger partial charge is 0.245 e. The summed E-state index contributed by atoms with van der Waals surface area (Å²) in [4.78, 5) is 75.2. The molecule has 58 heavy (non-hydrogen) atoms. The molecule has 0 radical (unpaired) electrons. The van der Waals surface area contributed by atoms with Gasteiger partial charge in [0.2, 0.25) is 23.6 Å². The summed E-state index contributed by atoms with van der Waals surface area (Å²) >= 11 is 0. The van der Waals surface area contributed by atoms with Crippen LogP contribution in [0.3, 0.4) is 0 Å². The van der Waals surface area contributed by atoms with Crippen LogP contribution in [0.25, 0.3) is 0 Å². The predicted octanol–water partition coefficient (Wildman–Crippen LogP) is 5.38. The predicted molar refractivity (Wildman–Crippen MR) is 229 cm³/mol. The lowest BCUT2D eigenvalue weighted by Gasteiger charge is -2.41. The number of amides is 4. The monoisotopic (exact) mass is 805 g/mol. The first-order valence-electron chi connectivity index (χ1n) is 21.1. The maximum absolute atomic E-state index is 14.4. The lowest BCUT2D eigenvalue weighted by molar-refractivity contribution is -0.147. The average molecular weight is 805 g/mol. The zero-order valence-corrected chi connectivity index (χ0v) is 37.1. The SMILES string of the molecule is CC[C@H](C)[C@@H]([C@@H](CC(=O)N1CCC[C@H]1[C@H](OC)[C@@H](C)C(=O)N[C@@H](c1ccccc1)[C@@H](N)c1ccccc1)C(C)=O)N(C)C(=O)[C@@H](NC(=O)[C@H](C(C)C)N(C)C)C(C)C. The van der Waals surface area contributed by atoms with Crippen LogP contribution in [0, 0.1) is 29.6 Å². The van der Waals surface area contributed by atoms with Crippen molar-refractivity contribution in [3.05, 3.63) is 71.8 Å². The first-order valence-corrected chi connectivity index (χ1v) is 21.1. The molecule has 2 aromatic carbocycles. The van der Waals surface area contributed by atoms with Gasteiger partial charge in [0.25, 0.3) is 0 Å². The molecule has 4 amide bonds. The minimum atomic E-state index is -0.824. The second-order valence-electron chi connectivity index (χ2n) is 17.2. The summed E-state index contributed by atoms with van der Waals surface area (Å²) in [5.74, 6) is -2.97. The topological polar surface area (TPSA) is 154 Å². The van der Waals surface area contributed by atoms with Crippen molar-refractivity contribution in [2.24, 2.45) is 35.3 Å². The van der Waals surface area contributed by atoms with Crippen LogP contribution < -0.4 is 16.4 Å². The number of carbonyl (C=O) groups is 5. The third kappa shape index (κ3) is 12.0. The molecule has 3 rings (SSSR count). The molecule has 2 aromatic rings. The molecule has 1 aliphatic rings. The molecule has 12 heteroatoms. The first kappa shape index (κ1) is 48.2. The van der Waals surface area contributed by atoms with Gasteiger partial charge in [0.15, 0.2) is 0 Å². The Balaban J connectivity index is 1.86. The number of nitrogens with one attached hydrogen (secondary N) is 2. The van der Waals surface area contributed by atoms with E-state index in [1.54, 1.807) is 24.0 Å². The summed E-state index contributed by atoms with van der Waals surface area (Å²) in [5.41, 5.74) is 8.55. The molecule has 1 aliphatic heterocycles. The van der Waals surface area contributed by atoms with Crippen molar-refractivity contribution < 1.29 is 28.7 Å². The number of rotatable bonds is 21. The third-order valence-corrected chi connectivity index (χ3v) is 12.2. The second-order valence-corrected chi connectivity index (χ2v) is 17.2. The first-order chi connectivity index (χ1) is 27.4. The Kier molecular flexibility index (Phi) is 18.5. The summed E-state index contributed by atoms with van der Waals surface area (Å²) in [6, 6.07) is 16.0. The van der Waals surface area contributed by atoms with E-state index in [4.69, 9.17) is 10.5 Å². The fraction of sp³-hybridized carbons (Fsp3) is 0.630. The number of ketones is 1. The van der Waals surface area contributed by atoms with Crippen LogP contribution in [0.5, 0.6) is 0 Å². The van der Waals surface area contributed by atoms with Gasteiger partial charge < -0.3 is 30.9 Å². The van der Waals surface area contributed by atoms with Crippen LogP contribution in [-0.4, -0.2) is 109 Å². The van der Waals surface area contributed by atoms with E-state index in [1.165, 1.54) is 6.92 Å². The van der Waals surface area contributed by atoms with E-state index in [0.717, 1.165) is 11.1 Å². The number of likely N-dealkylation sites (N-methyl/N-ethyl adjacent to an activating group) is 2. The Bertz CT molecular complexity index is 1630.